The van der Waals surface area contributed by atoms with Crippen LogP contribution in [0, 0.1) is 6.92 Å². The summed E-state index contributed by atoms with van der Waals surface area (Å²) in [6.45, 7) is 1.85. The molecule has 0 spiro atoms. The van der Waals surface area contributed by atoms with Gasteiger partial charge in [0.15, 0.2) is 0 Å². The number of rotatable bonds is 3. The molecule has 2 aromatic rings. The highest BCUT2D eigenvalue weighted by Gasteiger charge is 2.20. The average molecular weight is 315 g/mol. The Labute approximate surface area is 132 Å². The molecule has 3 rings (SSSR count). The summed E-state index contributed by atoms with van der Waals surface area (Å²) in [5, 5.41) is 13.8. The zero-order valence-corrected chi connectivity index (χ0v) is 13.1. The lowest BCUT2D eigenvalue weighted by molar-refractivity contribution is 0.0696. The third-order valence-electron chi connectivity index (χ3n) is 4.04. The van der Waals surface area contributed by atoms with E-state index in [1.54, 1.807) is 23.5 Å². The van der Waals surface area contributed by atoms with E-state index in [0.29, 0.717) is 5.69 Å². The van der Waals surface area contributed by atoms with E-state index in [9.17, 15) is 9.59 Å². The van der Waals surface area contributed by atoms with E-state index in [0.717, 1.165) is 30.4 Å². The molecular formula is C17H17NO3S. The summed E-state index contributed by atoms with van der Waals surface area (Å²) in [6, 6.07) is 4.76. The number of benzene rings is 1. The van der Waals surface area contributed by atoms with Gasteiger partial charge in [0.1, 0.15) is 0 Å². The van der Waals surface area contributed by atoms with Crippen molar-refractivity contribution >= 4 is 28.9 Å². The summed E-state index contributed by atoms with van der Waals surface area (Å²) >= 11 is 1.65. The molecule has 5 heteroatoms. The van der Waals surface area contributed by atoms with Crippen LogP contribution in [0.5, 0.6) is 0 Å². The van der Waals surface area contributed by atoms with Gasteiger partial charge in [0.2, 0.25) is 0 Å². The fraction of sp³-hybridized carbons (Fsp3) is 0.294. The molecule has 114 valence electrons. The molecule has 1 aliphatic rings. The number of carboxylic acids is 1. The number of carboxylic acid groups (broad SMARTS) is 1. The van der Waals surface area contributed by atoms with Crippen molar-refractivity contribution in [1.82, 2.24) is 0 Å². The first-order valence-electron chi connectivity index (χ1n) is 7.31. The fourth-order valence-corrected chi connectivity index (χ4v) is 3.89. The van der Waals surface area contributed by atoms with E-state index in [-0.39, 0.29) is 11.5 Å². The van der Waals surface area contributed by atoms with Crippen molar-refractivity contribution in [3.8, 4) is 0 Å². The Hall–Kier alpha value is -2.14. The van der Waals surface area contributed by atoms with Crippen LogP contribution in [-0.4, -0.2) is 17.0 Å². The Morgan fingerprint density at radius 3 is 2.77 bits per heavy atom. The number of aryl methyl sites for hydroxylation is 2. The number of thiophene rings is 1. The molecule has 0 unspecified atom stereocenters. The number of amides is 1. The van der Waals surface area contributed by atoms with E-state index >= 15 is 0 Å². The van der Waals surface area contributed by atoms with Gasteiger partial charge < -0.3 is 10.4 Å². The minimum atomic E-state index is -0.997. The fourth-order valence-electron chi connectivity index (χ4n) is 2.76. The lowest BCUT2D eigenvalue weighted by Gasteiger charge is -2.13. The number of carbonyl (C=O) groups excluding carboxylic acids is 1. The van der Waals surface area contributed by atoms with Gasteiger partial charge in [-0.05, 0) is 55.9 Å². The van der Waals surface area contributed by atoms with Crippen LogP contribution in [0.3, 0.4) is 0 Å². The van der Waals surface area contributed by atoms with Gasteiger partial charge in [-0.3, -0.25) is 4.79 Å². The molecule has 4 nitrogen and oxygen atoms in total. The minimum Gasteiger partial charge on any atom is -0.478 e. The molecule has 0 fully saturated rings. The number of aromatic carboxylic acids is 1. The normalized spacial score (nSPS) is 13.5. The Balaban J connectivity index is 1.87. The van der Waals surface area contributed by atoms with Crippen LogP contribution in [0.1, 0.15) is 49.6 Å². The van der Waals surface area contributed by atoms with Crippen LogP contribution in [0.15, 0.2) is 23.6 Å². The van der Waals surface area contributed by atoms with Crippen LogP contribution < -0.4 is 5.32 Å². The second kappa shape index (κ2) is 5.93. The Morgan fingerprint density at radius 1 is 1.23 bits per heavy atom. The predicted octanol–water partition coefficient (Wildman–Crippen LogP) is 3.89. The molecule has 0 atom stereocenters. The summed E-state index contributed by atoms with van der Waals surface area (Å²) in [7, 11) is 0. The molecule has 1 heterocycles. The van der Waals surface area contributed by atoms with Gasteiger partial charge in [-0.2, -0.15) is 0 Å². The van der Waals surface area contributed by atoms with Crippen LogP contribution in [0.25, 0.3) is 0 Å². The lowest BCUT2D eigenvalue weighted by atomic mass is 9.95. The van der Waals surface area contributed by atoms with Gasteiger partial charge in [-0.1, -0.05) is 6.07 Å². The van der Waals surface area contributed by atoms with Gasteiger partial charge in [0, 0.05) is 15.9 Å². The first kappa shape index (κ1) is 14.8. The van der Waals surface area contributed by atoms with E-state index in [4.69, 9.17) is 5.11 Å². The Morgan fingerprint density at radius 2 is 2.00 bits per heavy atom. The maximum absolute atomic E-state index is 12.5. The van der Waals surface area contributed by atoms with Crippen LogP contribution in [0.4, 0.5) is 5.69 Å². The maximum Gasteiger partial charge on any atom is 0.335 e. The Kier molecular flexibility index (Phi) is 3.98. The van der Waals surface area contributed by atoms with Crippen molar-refractivity contribution in [3.05, 3.63) is 50.7 Å². The first-order valence-corrected chi connectivity index (χ1v) is 8.19. The summed E-state index contributed by atoms with van der Waals surface area (Å²) in [5.74, 6) is -1.14. The second-order valence-electron chi connectivity index (χ2n) is 5.55. The standard InChI is InChI=1S/C17H17NO3S/c1-10-6-7-11(17(20)21)8-14(10)18-16(19)13-9-22-15-5-3-2-4-12(13)15/h6-9H,2-5H2,1H3,(H,18,19)(H,20,21). The van der Waals surface area contributed by atoms with Gasteiger partial charge >= 0.3 is 5.97 Å². The maximum atomic E-state index is 12.5. The first-order chi connectivity index (χ1) is 10.6. The van der Waals surface area contributed by atoms with Crippen LogP contribution in [-0.2, 0) is 12.8 Å². The van der Waals surface area contributed by atoms with Crippen molar-refractivity contribution in [2.45, 2.75) is 32.6 Å². The molecule has 0 saturated carbocycles. The third kappa shape index (κ3) is 2.76. The number of hydrogen-bond donors (Lipinski definition) is 2. The summed E-state index contributed by atoms with van der Waals surface area (Å²) in [5.41, 5.74) is 3.48. The lowest BCUT2D eigenvalue weighted by Crippen LogP contribution is -2.15. The van der Waals surface area contributed by atoms with Crippen molar-refractivity contribution in [3.63, 3.8) is 0 Å². The Bertz CT molecular complexity index is 748. The molecule has 1 aliphatic carbocycles. The molecule has 1 amide bonds. The van der Waals surface area contributed by atoms with E-state index in [2.05, 4.69) is 5.32 Å². The molecule has 2 N–H and O–H groups in total. The van der Waals surface area contributed by atoms with E-state index in [1.165, 1.54) is 22.9 Å². The highest BCUT2D eigenvalue weighted by Crippen LogP contribution is 2.31. The average Bonchev–Trinajstić information content (AvgIpc) is 2.93. The van der Waals surface area contributed by atoms with Gasteiger partial charge in [0.25, 0.3) is 5.91 Å². The van der Waals surface area contributed by atoms with E-state index in [1.807, 2.05) is 12.3 Å². The molecule has 0 saturated heterocycles. The van der Waals surface area contributed by atoms with Gasteiger partial charge in [-0.25, -0.2) is 4.79 Å². The smallest absolute Gasteiger partial charge is 0.335 e. The van der Waals surface area contributed by atoms with Crippen LogP contribution in [0.2, 0.25) is 0 Å². The largest absolute Gasteiger partial charge is 0.478 e. The monoisotopic (exact) mass is 315 g/mol. The number of anilines is 1. The third-order valence-corrected chi connectivity index (χ3v) is 5.13. The molecule has 0 radical (unpaired) electrons. The summed E-state index contributed by atoms with van der Waals surface area (Å²) < 4.78 is 0. The van der Waals surface area contributed by atoms with Crippen LogP contribution >= 0.6 is 11.3 Å². The van der Waals surface area contributed by atoms with Crippen molar-refractivity contribution in [2.75, 3.05) is 5.32 Å². The van der Waals surface area contributed by atoms with Crippen molar-refractivity contribution < 1.29 is 14.7 Å². The second-order valence-corrected chi connectivity index (χ2v) is 6.51. The molecule has 1 aromatic carbocycles. The zero-order valence-electron chi connectivity index (χ0n) is 12.3. The molecule has 1 aromatic heterocycles. The highest BCUT2D eigenvalue weighted by atomic mass is 32.1. The quantitative estimate of drug-likeness (QED) is 0.903. The number of nitrogens with one attached hydrogen (secondary N) is 1. The molecule has 0 bridgehead atoms. The van der Waals surface area contributed by atoms with Gasteiger partial charge in [0.05, 0.1) is 11.1 Å². The predicted molar refractivity (Wildman–Crippen MR) is 87.1 cm³/mol. The van der Waals surface area contributed by atoms with Gasteiger partial charge in [-0.15, -0.1) is 11.3 Å². The molecular weight excluding hydrogens is 298 g/mol. The topological polar surface area (TPSA) is 66.4 Å². The minimum absolute atomic E-state index is 0.148. The molecule has 22 heavy (non-hydrogen) atoms. The number of hydrogen-bond acceptors (Lipinski definition) is 3. The van der Waals surface area contributed by atoms with Crippen molar-refractivity contribution in [2.24, 2.45) is 0 Å². The van der Waals surface area contributed by atoms with Crippen molar-refractivity contribution in [1.29, 1.82) is 0 Å². The molecule has 0 aliphatic heterocycles. The number of fused-ring (bicyclic) bond motifs is 1. The highest BCUT2D eigenvalue weighted by molar-refractivity contribution is 7.10. The SMILES string of the molecule is Cc1ccc(C(=O)O)cc1NC(=O)c1csc2c1CCCC2. The summed E-state index contributed by atoms with van der Waals surface area (Å²) in [4.78, 5) is 24.9. The van der Waals surface area contributed by atoms with E-state index < -0.39 is 5.97 Å². The number of carbonyl (C=O) groups is 2. The zero-order chi connectivity index (χ0) is 15.7. The summed E-state index contributed by atoms with van der Waals surface area (Å²) in [6.07, 6.45) is 4.32.